The van der Waals surface area contributed by atoms with Gasteiger partial charge in [-0.05, 0) is 19.9 Å². The quantitative estimate of drug-likeness (QED) is 0.632. The normalized spacial score (nSPS) is 29.8. The molecule has 0 aliphatic carbocycles. The molecule has 0 aromatic carbocycles. The van der Waals surface area contributed by atoms with E-state index in [0.29, 0.717) is 25.7 Å². The van der Waals surface area contributed by atoms with Crippen molar-refractivity contribution in [1.29, 1.82) is 0 Å². The molecule has 0 saturated carbocycles. The first-order valence-corrected chi connectivity index (χ1v) is 8.07. The number of nitrogens with one attached hydrogen (secondary N) is 2. The van der Waals surface area contributed by atoms with Gasteiger partial charge in [0.25, 0.3) is 5.91 Å². The second-order valence-corrected chi connectivity index (χ2v) is 7.04. The molecule has 3 rings (SSSR count). The third-order valence-electron chi connectivity index (χ3n) is 4.02. The first kappa shape index (κ1) is 14.6. The van der Waals surface area contributed by atoms with Crippen molar-refractivity contribution >= 4 is 17.1 Å². The summed E-state index contributed by atoms with van der Waals surface area (Å²) in [5.74, 6) is -0.526. The van der Waals surface area contributed by atoms with Crippen LogP contribution in [0.5, 0.6) is 0 Å². The average Bonchev–Trinajstić information content (AvgIpc) is 2.90. The Bertz CT molecular complexity index is 601. The number of primary amides is 1. The Balaban J connectivity index is 1.99. The van der Waals surface area contributed by atoms with Crippen LogP contribution in [0.3, 0.4) is 0 Å². The molecule has 1 spiro atoms. The Morgan fingerprint density at radius 3 is 2.86 bits per heavy atom. The summed E-state index contributed by atoms with van der Waals surface area (Å²) in [6.45, 7) is 6.83. The highest BCUT2D eigenvalue weighted by atomic mass is 32.2. The van der Waals surface area contributed by atoms with Gasteiger partial charge in [0.2, 0.25) is 0 Å². The molecule has 8 nitrogen and oxygen atoms in total. The van der Waals surface area contributed by atoms with Crippen molar-refractivity contribution in [3.63, 3.8) is 0 Å². The number of nitrogens with two attached hydrogens (primary N) is 1. The van der Waals surface area contributed by atoms with Gasteiger partial charge < -0.3 is 5.73 Å². The largest absolute Gasteiger partial charge is 0.364 e. The Morgan fingerprint density at radius 2 is 2.29 bits per heavy atom. The van der Waals surface area contributed by atoms with Gasteiger partial charge in [-0.25, -0.2) is 13.7 Å². The van der Waals surface area contributed by atoms with Crippen LogP contribution in [0.25, 0.3) is 0 Å². The molecule has 116 valence electrons. The van der Waals surface area contributed by atoms with Gasteiger partial charge in [0.05, 0.1) is 17.8 Å². The van der Waals surface area contributed by atoms with Crippen LogP contribution in [0.4, 0.5) is 0 Å². The van der Waals surface area contributed by atoms with Gasteiger partial charge in [-0.15, -0.1) is 0 Å². The van der Waals surface area contributed by atoms with E-state index in [1.807, 2.05) is 0 Å². The predicted octanol–water partition coefficient (Wildman–Crippen LogP) is -1.28. The van der Waals surface area contributed by atoms with Gasteiger partial charge >= 0.3 is 0 Å². The summed E-state index contributed by atoms with van der Waals surface area (Å²) in [5, 5.41) is 4.30. The van der Waals surface area contributed by atoms with E-state index in [4.69, 9.17) is 5.73 Å². The van der Waals surface area contributed by atoms with Gasteiger partial charge in [-0.1, -0.05) is 0 Å². The lowest BCUT2D eigenvalue weighted by Crippen LogP contribution is -2.54. The number of hydrogen-bond donors (Lipinski definition) is 3. The number of carbonyl (C=O) groups is 1. The lowest BCUT2D eigenvalue weighted by atomic mass is 10.0. The minimum absolute atomic E-state index is 0.276. The number of fused-ring (bicyclic) bond motifs is 1. The molecule has 9 heteroatoms. The lowest BCUT2D eigenvalue weighted by Gasteiger charge is -2.33. The van der Waals surface area contributed by atoms with Crippen LogP contribution in [0.15, 0.2) is 6.07 Å². The zero-order valence-electron chi connectivity index (χ0n) is 12.1. The fraction of sp³-hybridized carbons (Fsp3) is 0.667. The van der Waals surface area contributed by atoms with Gasteiger partial charge in [0.15, 0.2) is 11.2 Å². The number of carbonyl (C=O) groups excluding carboxylic acids is 1. The Morgan fingerprint density at radius 1 is 1.52 bits per heavy atom. The van der Waals surface area contributed by atoms with E-state index in [1.54, 1.807) is 10.7 Å². The van der Waals surface area contributed by atoms with Crippen molar-refractivity contribution in [2.24, 2.45) is 5.73 Å². The van der Waals surface area contributed by atoms with E-state index in [1.165, 1.54) is 0 Å². The zero-order chi connectivity index (χ0) is 15.2. The molecule has 3 heterocycles. The molecule has 1 fully saturated rings. The van der Waals surface area contributed by atoms with Crippen molar-refractivity contribution in [3.8, 4) is 0 Å². The maximum Gasteiger partial charge on any atom is 0.269 e. The molecule has 21 heavy (non-hydrogen) atoms. The highest BCUT2D eigenvalue weighted by Gasteiger charge is 2.42. The van der Waals surface area contributed by atoms with Crippen molar-refractivity contribution in [1.82, 2.24) is 24.1 Å². The van der Waals surface area contributed by atoms with Crippen LogP contribution in [0.1, 0.15) is 30.0 Å². The van der Waals surface area contributed by atoms with Gasteiger partial charge in [0, 0.05) is 25.7 Å². The zero-order valence-corrected chi connectivity index (χ0v) is 12.9. The SMILES string of the molecule is CC(C)N1Cc2cc(C(N)=O)nn2CC2(CNS(=O)N2)C1. The highest BCUT2D eigenvalue weighted by molar-refractivity contribution is 7.81. The van der Waals surface area contributed by atoms with Gasteiger partial charge in [0.1, 0.15) is 5.69 Å². The standard InChI is InChI=1S/C12H20N6O2S/c1-8(2)17-4-9-3-10(11(13)19)15-18(9)7-12(6-17)5-14-21(20)16-12/h3,8,14,16H,4-7H2,1-2H3,(H2,13,19). The molecule has 2 aliphatic heterocycles. The molecule has 1 aromatic rings. The minimum atomic E-state index is -1.23. The van der Waals surface area contributed by atoms with Crippen LogP contribution in [0.2, 0.25) is 0 Å². The maximum atomic E-state index is 11.7. The molecule has 2 atom stereocenters. The van der Waals surface area contributed by atoms with Crippen molar-refractivity contribution < 1.29 is 9.00 Å². The van der Waals surface area contributed by atoms with Crippen molar-refractivity contribution in [2.45, 2.75) is 38.5 Å². The number of aromatic nitrogens is 2. The van der Waals surface area contributed by atoms with Crippen LogP contribution >= 0.6 is 0 Å². The lowest BCUT2D eigenvalue weighted by molar-refractivity contribution is 0.0994. The summed E-state index contributed by atoms with van der Waals surface area (Å²) in [7, 11) is 0. The van der Waals surface area contributed by atoms with Crippen LogP contribution < -0.4 is 15.2 Å². The topological polar surface area (TPSA) is 105 Å². The van der Waals surface area contributed by atoms with Gasteiger partial charge in [-0.2, -0.15) is 5.10 Å². The summed E-state index contributed by atoms with van der Waals surface area (Å²) in [6.07, 6.45) is 0. The van der Waals surface area contributed by atoms with Crippen molar-refractivity contribution in [3.05, 3.63) is 17.5 Å². The first-order valence-electron chi connectivity index (χ1n) is 6.92. The van der Waals surface area contributed by atoms with Crippen LogP contribution in [0, 0.1) is 0 Å². The van der Waals surface area contributed by atoms with E-state index in [9.17, 15) is 9.00 Å². The third kappa shape index (κ3) is 2.73. The van der Waals surface area contributed by atoms with E-state index < -0.39 is 17.1 Å². The predicted molar refractivity (Wildman–Crippen MR) is 78.3 cm³/mol. The summed E-state index contributed by atoms with van der Waals surface area (Å²) in [4.78, 5) is 13.6. The van der Waals surface area contributed by atoms with Gasteiger partial charge in [-0.3, -0.25) is 14.4 Å². The number of hydrogen-bond acceptors (Lipinski definition) is 4. The molecular weight excluding hydrogens is 292 g/mol. The summed E-state index contributed by atoms with van der Waals surface area (Å²) >= 11 is -1.23. The Labute approximate surface area is 125 Å². The molecular formula is C12H20N6O2S. The molecule has 1 saturated heterocycles. The molecule has 2 unspecified atom stereocenters. The van der Waals surface area contributed by atoms with E-state index in [2.05, 4.69) is 33.3 Å². The van der Waals surface area contributed by atoms with Crippen molar-refractivity contribution in [2.75, 3.05) is 13.1 Å². The second-order valence-electron chi connectivity index (χ2n) is 6.01. The molecule has 0 bridgehead atoms. The fourth-order valence-electron chi connectivity index (χ4n) is 2.84. The molecule has 1 aromatic heterocycles. The fourth-order valence-corrected chi connectivity index (χ4v) is 3.92. The number of rotatable bonds is 2. The number of nitrogens with zero attached hydrogens (tertiary/aromatic N) is 3. The molecule has 1 amide bonds. The minimum Gasteiger partial charge on any atom is -0.364 e. The summed E-state index contributed by atoms with van der Waals surface area (Å²) < 4.78 is 19.5. The van der Waals surface area contributed by atoms with Crippen LogP contribution in [-0.4, -0.2) is 49.5 Å². The second kappa shape index (κ2) is 5.16. The maximum absolute atomic E-state index is 11.7. The average molecular weight is 312 g/mol. The summed E-state index contributed by atoms with van der Waals surface area (Å²) in [6, 6.07) is 2.08. The molecule has 2 aliphatic rings. The number of amides is 1. The third-order valence-corrected chi connectivity index (χ3v) is 5.05. The smallest absolute Gasteiger partial charge is 0.269 e. The molecule has 4 N–H and O–H groups in total. The highest BCUT2D eigenvalue weighted by Crippen LogP contribution is 2.24. The monoisotopic (exact) mass is 312 g/mol. The Hall–Kier alpha value is -1.29. The summed E-state index contributed by atoms with van der Waals surface area (Å²) in [5.41, 5.74) is 6.19. The molecule has 0 radical (unpaired) electrons. The Kier molecular flexibility index (Phi) is 3.60. The first-order chi connectivity index (χ1) is 9.88. The van der Waals surface area contributed by atoms with E-state index in [-0.39, 0.29) is 11.2 Å². The van der Waals surface area contributed by atoms with E-state index in [0.717, 1.165) is 12.2 Å². The van der Waals surface area contributed by atoms with E-state index >= 15 is 0 Å². The van der Waals surface area contributed by atoms with Crippen LogP contribution in [-0.2, 0) is 24.3 Å².